The van der Waals surface area contributed by atoms with E-state index in [9.17, 15) is 18.0 Å². The summed E-state index contributed by atoms with van der Waals surface area (Å²) in [5.41, 5.74) is 0.752. The number of aromatic nitrogens is 2. The van der Waals surface area contributed by atoms with Gasteiger partial charge in [0.15, 0.2) is 5.03 Å². The molecule has 2 amide bonds. The van der Waals surface area contributed by atoms with Crippen LogP contribution < -0.4 is 5.32 Å². The Labute approximate surface area is 194 Å². The lowest BCUT2D eigenvalue weighted by Crippen LogP contribution is -2.48. The second-order valence-corrected chi connectivity index (χ2v) is 10.8. The van der Waals surface area contributed by atoms with Gasteiger partial charge in [-0.2, -0.15) is 4.31 Å². The summed E-state index contributed by atoms with van der Waals surface area (Å²) < 4.78 is 28.9. The first-order valence-electron chi connectivity index (χ1n) is 11.4. The highest BCUT2D eigenvalue weighted by atomic mass is 32.2. The van der Waals surface area contributed by atoms with Gasteiger partial charge < -0.3 is 14.8 Å². The van der Waals surface area contributed by atoms with Gasteiger partial charge >= 0.3 is 0 Å². The predicted molar refractivity (Wildman–Crippen MR) is 124 cm³/mol. The molecule has 9 nitrogen and oxygen atoms in total. The van der Waals surface area contributed by atoms with Crippen molar-refractivity contribution in [1.29, 1.82) is 0 Å². The van der Waals surface area contributed by atoms with Gasteiger partial charge in [-0.3, -0.25) is 9.59 Å². The van der Waals surface area contributed by atoms with Crippen LogP contribution in [0.4, 0.5) is 5.69 Å². The quantitative estimate of drug-likeness (QED) is 0.715. The van der Waals surface area contributed by atoms with E-state index in [1.165, 1.54) is 10.5 Å². The monoisotopic (exact) mass is 473 g/mol. The normalized spacial score (nSPS) is 20.5. The molecule has 0 radical (unpaired) electrons. The molecule has 0 spiro atoms. The molecule has 1 N–H and O–H groups in total. The van der Waals surface area contributed by atoms with Crippen LogP contribution in [0.15, 0.2) is 41.6 Å². The Morgan fingerprint density at radius 2 is 1.73 bits per heavy atom. The van der Waals surface area contributed by atoms with Crippen LogP contribution in [0, 0.1) is 18.8 Å². The second-order valence-electron chi connectivity index (χ2n) is 8.89. The van der Waals surface area contributed by atoms with E-state index in [-0.39, 0.29) is 28.7 Å². The van der Waals surface area contributed by atoms with Gasteiger partial charge in [-0.1, -0.05) is 18.2 Å². The van der Waals surface area contributed by atoms with Gasteiger partial charge in [0.25, 0.3) is 10.0 Å². The summed E-state index contributed by atoms with van der Waals surface area (Å²) in [4.78, 5) is 31.8. The van der Waals surface area contributed by atoms with Crippen LogP contribution in [-0.2, 0) is 26.7 Å². The largest absolute Gasteiger partial charge is 0.342 e. The standard InChI is InChI=1S/C23H31N5O4S/c1-17-24-21(16-26(17)2)33(31,32)28-13-10-18(11-14-28)23(30)27-12-6-7-19(15-27)22(29)25-20-8-4-3-5-9-20/h3-5,8-9,16,18-19H,6-7,10-15H2,1-2H3,(H,25,29). The third-order valence-corrected chi connectivity index (χ3v) is 8.41. The maximum atomic E-state index is 13.2. The van der Waals surface area contributed by atoms with Gasteiger partial charge in [-0.05, 0) is 44.7 Å². The van der Waals surface area contributed by atoms with Crippen molar-refractivity contribution in [2.75, 3.05) is 31.5 Å². The minimum absolute atomic E-state index is 0.0259. The Kier molecular flexibility index (Phi) is 6.85. The summed E-state index contributed by atoms with van der Waals surface area (Å²) >= 11 is 0. The smallest absolute Gasteiger partial charge is 0.262 e. The summed E-state index contributed by atoms with van der Waals surface area (Å²) in [6.45, 7) is 3.39. The van der Waals surface area contributed by atoms with E-state index in [1.54, 1.807) is 23.4 Å². The molecule has 178 valence electrons. The number of rotatable bonds is 5. The first kappa shape index (κ1) is 23.4. The van der Waals surface area contributed by atoms with E-state index in [2.05, 4.69) is 10.3 Å². The van der Waals surface area contributed by atoms with Crippen molar-refractivity contribution in [3.05, 3.63) is 42.4 Å². The highest BCUT2D eigenvalue weighted by Gasteiger charge is 2.37. The number of hydrogen-bond acceptors (Lipinski definition) is 5. The van der Waals surface area contributed by atoms with Gasteiger partial charge in [0.1, 0.15) is 5.82 Å². The number of nitrogens with one attached hydrogen (secondary N) is 1. The zero-order chi connectivity index (χ0) is 23.6. The number of imidazole rings is 1. The molecule has 1 aromatic carbocycles. The summed E-state index contributed by atoms with van der Waals surface area (Å²) in [6.07, 6.45) is 4.01. The van der Waals surface area contributed by atoms with E-state index in [1.807, 2.05) is 30.3 Å². The number of piperidine rings is 2. The molecular weight excluding hydrogens is 442 g/mol. The molecule has 0 bridgehead atoms. The number of benzene rings is 1. The van der Waals surface area contributed by atoms with Crippen molar-refractivity contribution in [2.45, 2.75) is 37.6 Å². The first-order valence-corrected chi connectivity index (χ1v) is 12.8. The molecule has 2 saturated heterocycles. The van der Waals surface area contributed by atoms with Gasteiger partial charge in [0.05, 0.1) is 5.92 Å². The Balaban J connectivity index is 1.33. The van der Waals surface area contributed by atoms with Crippen molar-refractivity contribution in [2.24, 2.45) is 18.9 Å². The maximum Gasteiger partial charge on any atom is 0.262 e. The molecule has 1 aromatic heterocycles. The number of anilines is 1. The number of aryl methyl sites for hydroxylation is 2. The Morgan fingerprint density at radius 1 is 1.03 bits per heavy atom. The van der Waals surface area contributed by atoms with Gasteiger partial charge in [-0.15, -0.1) is 0 Å². The Hall–Kier alpha value is -2.72. The van der Waals surface area contributed by atoms with E-state index in [0.717, 1.165) is 18.5 Å². The van der Waals surface area contributed by atoms with Crippen LogP contribution in [0.1, 0.15) is 31.5 Å². The Morgan fingerprint density at radius 3 is 2.36 bits per heavy atom. The van der Waals surface area contributed by atoms with Crippen molar-refractivity contribution >= 4 is 27.5 Å². The zero-order valence-corrected chi connectivity index (χ0v) is 19.9. The minimum atomic E-state index is -3.66. The van der Waals surface area contributed by atoms with Crippen LogP contribution in [-0.4, -0.2) is 65.2 Å². The van der Waals surface area contributed by atoms with E-state index >= 15 is 0 Å². The molecule has 0 aliphatic carbocycles. The highest BCUT2D eigenvalue weighted by molar-refractivity contribution is 7.89. The predicted octanol–water partition coefficient (Wildman–Crippen LogP) is 2.01. The van der Waals surface area contributed by atoms with Crippen molar-refractivity contribution in [1.82, 2.24) is 18.8 Å². The summed E-state index contributed by atoms with van der Waals surface area (Å²) in [5, 5.41) is 2.99. The number of para-hydroxylation sites is 1. The van der Waals surface area contributed by atoms with Crippen molar-refractivity contribution in [3.63, 3.8) is 0 Å². The maximum absolute atomic E-state index is 13.2. The number of amides is 2. The lowest BCUT2D eigenvalue weighted by Gasteiger charge is -2.37. The van der Waals surface area contributed by atoms with E-state index < -0.39 is 10.0 Å². The molecule has 4 rings (SSSR count). The molecule has 10 heteroatoms. The minimum Gasteiger partial charge on any atom is -0.342 e. The highest BCUT2D eigenvalue weighted by Crippen LogP contribution is 2.27. The summed E-state index contributed by atoms with van der Waals surface area (Å²) in [6, 6.07) is 9.32. The fourth-order valence-electron chi connectivity index (χ4n) is 4.54. The number of likely N-dealkylation sites (tertiary alicyclic amines) is 1. The van der Waals surface area contributed by atoms with Crippen LogP contribution in [0.2, 0.25) is 0 Å². The lowest BCUT2D eigenvalue weighted by atomic mass is 9.92. The molecular formula is C23H31N5O4S. The van der Waals surface area contributed by atoms with Gasteiger partial charge in [-0.25, -0.2) is 13.4 Å². The van der Waals surface area contributed by atoms with Crippen molar-refractivity contribution in [3.8, 4) is 0 Å². The van der Waals surface area contributed by atoms with Crippen LogP contribution in [0.25, 0.3) is 0 Å². The van der Waals surface area contributed by atoms with E-state index in [0.29, 0.717) is 44.8 Å². The van der Waals surface area contributed by atoms with Crippen LogP contribution in [0.3, 0.4) is 0 Å². The summed E-state index contributed by atoms with van der Waals surface area (Å²) in [7, 11) is -1.90. The van der Waals surface area contributed by atoms with Crippen molar-refractivity contribution < 1.29 is 18.0 Å². The number of carbonyl (C=O) groups excluding carboxylic acids is 2. The number of hydrogen-bond donors (Lipinski definition) is 1. The second kappa shape index (κ2) is 9.64. The number of carbonyl (C=O) groups is 2. The van der Waals surface area contributed by atoms with Gasteiger partial charge in [0.2, 0.25) is 11.8 Å². The fourth-order valence-corrected chi connectivity index (χ4v) is 6.04. The number of sulfonamides is 1. The molecule has 2 aliphatic rings. The first-order chi connectivity index (χ1) is 15.8. The topological polar surface area (TPSA) is 105 Å². The molecule has 33 heavy (non-hydrogen) atoms. The third kappa shape index (κ3) is 5.11. The molecule has 3 heterocycles. The molecule has 2 aromatic rings. The van der Waals surface area contributed by atoms with Crippen LogP contribution in [0.5, 0.6) is 0 Å². The molecule has 2 aliphatic heterocycles. The SMILES string of the molecule is Cc1nc(S(=O)(=O)N2CCC(C(=O)N3CCCC(C(=O)Nc4ccccc4)C3)CC2)cn1C. The van der Waals surface area contributed by atoms with Gasteiger partial charge in [0, 0.05) is 51.0 Å². The third-order valence-electron chi connectivity index (χ3n) is 6.64. The number of nitrogens with zero attached hydrogens (tertiary/aromatic N) is 4. The Bertz CT molecular complexity index is 1090. The molecule has 0 saturated carbocycles. The average molecular weight is 474 g/mol. The molecule has 1 atom stereocenters. The fraction of sp³-hybridized carbons (Fsp3) is 0.522. The summed E-state index contributed by atoms with van der Waals surface area (Å²) in [5.74, 6) is 0.131. The average Bonchev–Trinajstić information content (AvgIpc) is 3.18. The lowest BCUT2D eigenvalue weighted by molar-refractivity contribution is -0.139. The van der Waals surface area contributed by atoms with E-state index in [4.69, 9.17) is 0 Å². The zero-order valence-electron chi connectivity index (χ0n) is 19.1. The molecule has 1 unspecified atom stereocenters. The molecule has 2 fully saturated rings. The van der Waals surface area contributed by atoms with Crippen LogP contribution >= 0.6 is 0 Å².